The second-order valence-electron chi connectivity index (χ2n) is 2.73. The zero-order valence-electron chi connectivity index (χ0n) is 6.72. The Bertz CT molecular complexity index is 275. The van der Waals surface area contributed by atoms with Gasteiger partial charge in [-0.05, 0) is 34.2 Å². The molecule has 1 atom stereocenters. The van der Waals surface area contributed by atoms with Crippen molar-refractivity contribution in [3.63, 3.8) is 0 Å². The molecule has 0 radical (unpaired) electrons. The van der Waals surface area contributed by atoms with Crippen LogP contribution in [0.15, 0.2) is 18.2 Å². The smallest absolute Gasteiger partial charge is 0.140 e. The monoisotopic (exact) mass is 280 g/mol. The van der Waals surface area contributed by atoms with Crippen molar-refractivity contribution < 1.29 is 9.50 Å². The van der Waals surface area contributed by atoms with Crippen LogP contribution in [-0.4, -0.2) is 11.7 Å². The third-order valence-corrected chi connectivity index (χ3v) is 2.62. The molecule has 1 nitrogen and oxygen atoms in total. The highest BCUT2D eigenvalue weighted by Gasteiger charge is 2.11. The maximum atomic E-state index is 13.3. The molecule has 1 aromatic carbocycles. The maximum Gasteiger partial charge on any atom is 0.140 e. The standard InChI is InChI=1S/C9H10FIO/c1-6(5-12)7-3-2-4-8(11)9(7)10/h2-4,6,12H,5H2,1H3. The fourth-order valence-electron chi connectivity index (χ4n) is 0.999. The van der Waals surface area contributed by atoms with E-state index in [0.717, 1.165) is 0 Å². The number of hydrogen-bond donors (Lipinski definition) is 1. The quantitative estimate of drug-likeness (QED) is 0.825. The van der Waals surface area contributed by atoms with Gasteiger partial charge in [0.2, 0.25) is 0 Å². The highest BCUT2D eigenvalue weighted by Crippen LogP contribution is 2.21. The molecule has 12 heavy (non-hydrogen) atoms. The third kappa shape index (κ3) is 1.95. The summed E-state index contributed by atoms with van der Waals surface area (Å²) in [5.74, 6) is -0.334. The first-order valence-electron chi connectivity index (χ1n) is 3.71. The predicted octanol–water partition coefficient (Wildman–Crippen LogP) is 2.53. The first kappa shape index (κ1) is 9.92. The normalized spacial score (nSPS) is 13.0. The molecule has 0 saturated carbocycles. The third-order valence-electron chi connectivity index (χ3n) is 1.79. The van der Waals surface area contributed by atoms with Gasteiger partial charge in [-0.3, -0.25) is 0 Å². The summed E-state index contributed by atoms with van der Waals surface area (Å²) in [7, 11) is 0. The predicted molar refractivity (Wildman–Crippen MR) is 54.6 cm³/mol. The van der Waals surface area contributed by atoms with E-state index in [0.29, 0.717) is 9.13 Å². The summed E-state index contributed by atoms with van der Waals surface area (Å²) >= 11 is 1.94. The number of halogens is 2. The Morgan fingerprint density at radius 1 is 1.58 bits per heavy atom. The van der Waals surface area contributed by atoms with Crippen molar-refractivity contribution in [2.24, 2.45) is 0 Å². The lowest BCUT2D eigenvalue weighted by molar-refractivity contribution is 0.270. The number of aliphatic hydroxyl groups is 1. The van der Waals surface area contributed by atoms with Gasteiger partial charge in [-0.2, -0.15) is 0 Å². The minimum atomic E-state index is -0.209. The number of aliphatic hydroxyl groups excluding tert-OH is 1. The van der Waals surface area contributed by atoms with Gasteiger partial charge >= 0.3 is 0 Å². The van der Waals surface area contributed by atoms with E-state index in [4.69, 9.17) is 5.11 Å². The summed E-state index contributed by atoms with van der Waals surface area (Å²) in [6, 6.07) is 5.22. The van der Waals surface area contributed by atoms with Gasteiger partial charge in [0.1, 0.15) is 5.82 Å². The van der Waals surface area contributed by atoms with Crippen molar-refractivity contribution in [3.8, 4) is 0 Å². The lowest BCUT2D eigenvalue weighted by atomic mass is 10.0. The van der Waals surface area contributed by atoms with Crippen LogP contribution in [-0.2, 0) is 0 Å². The molecule has 0 spiro atoms. The van der Waals surface area contributed by atoms with Crippen LogP contribution >= 0.6 is 22.6 Å². The summed E-state index contributed by atoms with van der Waals surface area (Å²) in [5, 5.41) is 8.83. The van der Waals surface area contributed by atoms with Crippen LogP contribution in [0, 0.1) is 9.39 Å². The lowest BCUT2D eigenvalue weighted by Gasteiger charge is -2.09. The molecule has 1 unspecified atom stereocenters. The summed E-state index contributed by atoms with van der Waals surface area (Å²) in [4.78, 5) is 0. The van der Waals surface area contributed by atoms with Crippen molar-refractivity contribution in [2.75, 3.05) is 6.61 Å². The minimum absolute atomic E-state index is 0.0169. The summed E-state index contributed by atoms with van der Waals surface area (Å²) in [6.45, 7) is 1.78. The molecule has 3 heteroatoms. The molecule has 1 rings (SSSR count). The second kappa shape index (κ2) is 4.18. The Balaban J connectivity index is 3.07. The Morgan fingerprint density at radius 2 is 2.25 bits per heavy atom. The Hall–Kier alpha value is -0.160. The van der Waals surface area contributed by atoms with Gasteiger partial charge < -0.3 is 5.11 Å². The molecule has 0 aliphatic heterocycles. The van der Waals surface area contributed by atoms with Crippen LogP contribution in [0.4, 0.5) is 4.39 Å². The van der Waals surface area contributed by atoms with Gasteiger partial charge in [0.15, 0.2) is 0 Å². The second-order valence-corrected chi connectivity index (χ2v) is 3.89. The van der Waals surface area contributed by atoms with Crippen LogP contribution in [0.1, 0.15) is 18.4 Å². The van der Waals surface area contributed by atoms with E-state index in [1.165, 1.54) is 0 Å². The molecule has 0 heterocycles. The highest BCUT2D eigenvalue weighted by molar-refractivity contribution is 14.1. The van der Waals surface area contributed by atoms with E-state index in [1.54, 1.807) is 25.1 Å². The van der Waals surface area contributed by atoms with Crippen LogP contribution in [0.2, 0.25) is 0 Å². The van der Waals surface area contributed by atoms with Crippen molar-refractivity contribution >= 4 is 22.6 Å². The Labute approximate surface area is 84.7 Å². The van der Waals surface area contributed by atoms with Gasteiger partial charge in [-0.1, -0.05) is 19.1 Å². The summed E-state index contributed by atoms with van der Waals surface area (Å²) in [6.07, 6.45) is 0. The number of rotatable bonds is 2. The molecule has 0 amide bonds. The largest absolute Gasteiger partial charge is 0.396 e. The lowest BCUT2D eigenvalue weighted by Crippen LogP contribution is -2.02. The van der Waals surface area contributed by atoms with E-state index >= 15 is 0 Å². The molecule has 0 aromatic heterocycles. The van der Waals surface area contributed by atoms with Gasteiger partial charge in [0.25, 0.3) is 0 Å². The average Bonchev–Trinajstić information content (AvgIpc) is 2.08. The van der Waals surface area contributed by atoms with Crippen molar-refractivity contribution in [2.45, 2.75) is 12.8 Å². The molecule has 0 aliphatic rings. The fourth-order valence-corrected chi connectivity index (χ4v) is 1.52. The molecule has 0 bridgehead atoms. The zero-order chi connectivity index (χ0) is 9.14. The fraction of sp³-hybridized carbons (Fsp3) is 0.333. The molecular weight excluding hydrogens is 270 g/mol. The zero-order valence-corrected chi connectivity index (χ0v) is 8.88. The van der Waals surface area contributed by atoms with Crippen LogP contribution in [0.5, 0.6) is 0 Å². The first-order chi connectivity index (χ1) is 5.66. The van der Waals surface area contributed by atoms with Crippen LogP contribution < -0.4 is 0 Å². The summed E-state index contributed by atoms with van der Waals surface area (Å²) in [5.41, 5.74) is 0.587. The Kier molecular flexibility index (Phi) is 3.46. The topological polar surface area (TPSA) is 20.2 Å². The number of benzene rings is 1. The average molecular weight is 280 g/mol. The molecule has 66 valence electrons. The van der Waals surface area contributed by atoms with E-state index in [2.05, 4.69) is 0 Å². The van der Waals surface area contributed by atoms with Crippen molar-refractivity contribution in [3.05, 3.63) is 33.1 Å². The van der Waals surface area contributed by atoms with Gasteiger partial charge in [0.05, 0.1) is 0 Å². The molecule has 0 fully saturated rings. The molecule has 1 aromatic rings. The molecular formula is C9H10FIO. The molecule has 1 N–H and O–H groups in total. The van der Waals surface area contributed by atoms with Crippen LogP contribution in [0.3, 0.4) is 0 Å². The maximum absolute atomic E-state index is 13.3. The van der Waals surface area contributed by atoms with E-state index in [-0.39, 0.29) is 18.3 Å². The first-order valence-corrected chi connectivity index (χ1v) is 4.79. The molecule has 0 aliphatic carbocycles. The van der Waals surface area contributed by atoms with E-state index in [1.807, 2.05) is 22.6 Å². The summed E-state index contributed by atoms with van der Waals surface area (Å²) < 4.78 is 13.9. The van der Waals surface area contributed by atoms with Crippen molar-refractivity contribution in [1.82, 2.24) is 0 Å². The molecule has 0 saturated heterocycles. The van der Waals surface area contributed by atoms with E-state index in [9.17, 15) is 4.39 Å². The van der Waals surface area contributed by atoms with Gasteiger partial charge in [-0.15, -0.1) is 0 Å². The SMILES string of the molecule is CC(CO)c1cccc(I)c1F. The highest BCUT2D eigenvalue weighted by atomic mass is 127. The minimum Gasteiger partial charge on any atom is -0.396 e. The van der Waals surface area contributed by atoms with Gasteiger partial charge in [0, 0.05) is 16.1 Å². The van der Waals surface area contributed by atoms with Crippen molar-refractivity contribution in [1.29, 1.82) is 0 Å². The van der Waals surface area contributed by atoms with Crippen LogP contribution in [0.25, 0.3) is 0 Å². The van der Waals surface area contributed by atoms with Gasteiger partial charge in [-0.25, -0.2) is 4.39 Å². The van der Waals surface area contributed by atoms with E-state index < -0.39 is 0 Å². The Morgan fingerprint density at radius 3 is 2.83 bits per heavy atom. The number of hydrogen-bond acceptors (Lipinski definition) is 1.